The Balaban J connectivity index is 1.41. The molecule has 3 heterocycles. The van der Waals surface area contributed by atoms with Crippen molar-refractivity contribution in [1.29, 1.82) is 0 Å². The van der Waals surface area contributed by atoms with E-state index in [9.17, 15) is 9.59 Å². The van der Waals surface area contributed by atoms with E-state index in [1.54, 1.807) is 32.4 Å². The van der Waals surface area contributed by atoms with Crippen LogP contribution in [0.3, 0.4) is 0 Å². The Kier molecular flexibility index (Phi) is 6.65. The fourth-order valence-corrected chi connectivity index (χ4v) is 5.12. The molecule has 5 aromatic rings. The van der Waals surface area contributed by atoms with E-state index in [2.05, 4.69) is 4.90 Å². The third-order valence-corrected chi connectivity index (χ3v) is 6.92. The number of rotatable bonds is 7. The van der Waals surface area contributed by atoms with Gasteiger partial charge in [0.15, 0.2) is 22.8 Å². The number of fused-ring (bicyclic) bond motifs is 4. The van der Waals surface area contributed by atoms with Gasteiger partial charge in [-0.1, -0.05) is 18.2 Å². The van der Waals surface area contributed by atoms with Gasteiger partial charge in [0.2, 0.25) is 0 Å². The zero-order valence-electron chi connectivity index (χ0n) is 22.3. The van der Waals surface area contributed by atoms with Crippen molar-refractivity contribution in [2.24, 2.45) is 0 Å². The second-order valence-electron chi connectivity index (χ2n) is 9.40. The van der Waals surface area contributed by atoms with Crippen LogP contribution in [0, 0.1) is 0 Å². The van der Waals surface area contributed by atoms with Crippen LogP contribution in [0.25, 0.3) is 33.1 Å². The predicted molar refractivity (Wildman–Crippen MR) is 149 cm³/mol. The monoisotopic (exact) mass is 541 g/mol. The van der Waals surface area contributed by atoms with Crippen LogP contribution in [0.1, 0.15) is 18.1 Å². The molecule has 2 aromatic heterocycles. The predicted octanol–water partition coefficient (Wildman–Crippen LogP) is 5.33. The fourth-order valence-electron chi connectivity index (χ4n) is 5.12. The van der Waals surface area contributed by atoms with E-state index in [1.165, 1.54) is 6.07 Å². The van der Waals surface area contributed by atoms with Gasteiger partial charge in [-0.2, -0.15) is 0 Å². The molecular weight excluding hydrogens is 514 g/mol. The smallest absolute Gasteiger partial charge is 0.344 e. The molecule has 40 heavy (non-hydrogen) atoms. The molecule has 6 rings (SSSR count). The van der Waals surface area contributed by atoms with Crippen molar-refractivity contribution < 1.29 is 27.8 Å². The van der Waals surface area contributed by atoms with Crippen LogP contribution in [0.2, 0.25) is 0 Å². The van der Waals surface area contributed by atoms with Gasteiger partial charge >= 0.3 is 11.3 Å². The molecule has 0 aliphatic carbocycles. The average molecular weight is 542 g/mol. The Labute approximate surface area is 229 Å². The Hall–Kier alpha value is -4.76. The second kappa shape index (κ2) is 10.4. The third kappa shape index (κ3) is 4.54. The molecule has 0 amide bonds. The minimum Gasteiger partial charge on any atom is -0.493 e. The zero-order chi connectivity index (χ0) is 27.8. The van der Waals surface area contributed by atoms with Gasteiger partial charge in [0.1, 0.15) is 18.1 Å². The van der Waals surface area contributed by atoms with Gasteiger partial charge in [0.05, 0.1) is 32.0 Å². The van der Waals surface area contributed by atoms with Gasteiger partial charge in [-0.25, -0.2) is 9.59 Å². The van der Waals surface area contributed by atoms with E-state index >= 15 is 0 Å². The van der Waals surface area contributed by atoms with Gasteiger partial charge in [-0.15, -0.1) is 0 Å². The summed E-state index contributed by atoms with van der Waals surface area (Å²) in [6.07, 6.45) is 0. The van der Waals surface area contributed by atoms with Gasteiger partial charge in [-0.3, -0.25) is 4.90 Å². The number of nitrogens with zero attached hydrogens (tertiary/aromatic N) is 1. The number of ether oxygens (including phenoxy) is 4. The average Bonchev–Trinajstić information content (AvgIpc) is 2.97. The molecule has 0 spiro atoms. The highest BCUT2D eigenvalue weighted by atomic mass is 16.5. The summed E-state index contributed by atoms with van der Waals surface area (Å²) in [6.45, 7) is 3.69. The summed E-state index contributed by atoms with van der Waals surface area (Å²) in [5, 5.41) is 1.30. The lowest BCUT2D eigenvalue weighted by molar-refractivity contribution is 0.0889. The maximum Gasteiger partial charge on any atom is 0.344 e. The minimum atomic E-state index is -0.574. The van der Waals surface area contributed by atoms with E-state index in [0.29, 0.717) is 76.9 Å². The van der Waals surface area contributed by atoms with Crippen LogP contribution in [-0.4, -0.2) is 32.5 Å². The summed E-state index contributed by atoms with van der Waals surface area (Å²) in [5.41, 5.74) is 2.02. The number of hydrogen-bond acceptors (Lipinski definition) is 9. The molecule has 0 radical (unpaired) electrons. The van der Waals surface area contributed by atoms with E-state index in [-0.39, 0.29) is 5.56 Å². The Bertz CT molecular complexity index is 1860. The third-order valence-electron chi connectivity index (χ3n) is 6.92. The molecule has 1 aliphatic rings. The standard InChI is InChI=1S/C31H27NO8/c1-4-37-26-7-5-6-19-13-22(31(34)40-29(19)26)21-14-28(33)39-30-20(21)9-11-24-23(30)16-32(17-38-24)15-18-8-10-25(35-2)27(12-18)36-3/h5-14H,4,15-17H2,1-3H3. The van der Waals surface area contributed by atoms with E-state index in [1.807, 2.05) is 43.3 Å². The highest BCUT2D eigenvalue weighted by molar-refractivity contribution is 5.97. The molecule has 0 bridgehead atoms. The van der Waals surface area contributed by atoms with Gasteiger partial charge in [0.25, 0.3) is 0 Å². The van der Waals surface area contributed by atoms with Crippen LogP contribution in [0.15, 0.2) is 79.1 Å². The number of para-hydroxylation sites is 1. The fraction of sp³-hybridized carbons (Fsp3) is 0.226. The molecule has 204 valence electrons. The number of hydrogen-bond donors (Lipinski definition) is 0. The highest BCUT2D eigenvalue weighted by Crippen LogP contribution is 2.37. The van der Waals surface area contributed by atoms with Crippen LogP contribution in [0.4, 0.5) is 0 Å². The minimum absolute atomic E-state index is 0.262. The van der Waals surface area contributed by atoms with Crippen molar-refractivity contribution >= 4 is 21.9 Å². The van der Waals surface area contributed by atoms with Crippen molar-refractivity contribution in [2.45, 2.75) is 20.0 Å². The highest BCUT2D eigenvalue weighted by Gasteiger charge is 2.24. The first-order valence-electron chi connectivity index (χ1n) is 12.8. The quantitative estimate of drug-likeness (QED) is 0.253. The summed E-state index contributed by atoms with van der Waals surface area (Å²) in [6, 6.07) is 17.8. The summed E-state index contributed by atoms with van der Waals surface area (Å²) < 4.78 is 33.8. The lowest BCUT2D eigenvalue weighted by atomic mass is 9.99. The van der Waals surface area contributed by atoms with Crippen LogP contribution in [-0.2, 0) is 13.1 Å². The van der Waals surface area contributed by atoms with E-state index in [4.69, 9.17) is 27.8 Å². The van der Waals surface area contributed by atoms with Crippen molar-refractivity contribution in [1.82, 2.24) is 4.90 Å². The Morgan fingerprint density at radius 1 is 0.850 bits per heavy atom. The SMILES string of the molecule is CCOc1cccc2cc(-c3cc(=O)oc4c5c(ccc34)OCN(Cc3ccc(OC)c(OC)c3)C5)c(=O)oc12. The molecule has 0 saturated carbocycles. The summed E-state index contributed by atoms with van der Waals surface area (Å²) in [5.74, 6) is 2.41. The first kappa shape index (κ1) is 25.5. The van der Waals surface area contributed by atoms with E-state index in [0.717, 1.165) is 11.1 Å². The molecule has 0 saturated heterocycles. The van der Waals surface area contributed by atoms with Gasteiger partial charge in [-0.05, 0) is 48.9 Å². The van der Waals surface area contributed by atoms with Crippen molar-refractivity contribution in [3.05, 3.63) is 92.6 Å². The van der Waals surface area contributed by atoms with Crippen LogP contribution >= 0.6 is 0 Å². The topological polar surface area (TPSA) is 101 Å². The molecule has 9 heteroatoms. The molecule has 3 aromatic carbocycles. The molecular formula is C31H27NO8. The summed E-state index contributed by atoms with van der Waals surface area (Å²) >= 11 is 0. The Morgan fingerprint density at radius 3 is 2.50 bits per heavy atom. The lowest BCUT2D eigenvalue weighted by Gasteiger charge is -2.29. The van der Waals surface area contributed by atoms with Crippen molar-refractivity contribution in [3.8, 4) is 34.1 Å². The lowest BCUT2D eigenvalue weighted by Crippen LogP contribution is -2.31. The maximum absolute atomic E-state index is 13.2. The maximum atomic E-state index is 13.2. The normalized spacial score (nSPS) is 13.2. The summed E-state index contributed by atoms with van der Waals surface area (Å²) in [4.78, 5) is 28.0. The molecule has 0 unspecified atom stereocenters. The van der Waals surface area contributed by atoms with Crippen LogP contribution < -0.4 is 30.2 Å². The van der Waals surface area contributed by atoms with Crippen molar-refractivity contribution in [3.63, 3.8) is 0 Å². The first-order chi connectivity index (χ1) is 19.5. The molecule has 0 atom stereocenters. The molecule has 9 nitrogen and oxygen atoms in total. The molecule has 0 fully saturated rings. The van der Waals surface area contributed by atoms with E-state index < -0.39 is 11.3 Å². The Morgan fingerprint density at radius 2 is 1.70 bits per heavy atom. The largest absolute Gasteiger partial charge is 0.493 e. The number of benzene rings is 3. The first-order valence-corrected chi connectivity index (χ1v) is 12.8. The second-order valence-corrected chi connectivity index (χ2v) is 9.40. The molecule has 0 N–H and O–H groups in total. The van der Waals surface area contributed by atoms with Gasteiger partial charge < -0.3 is 27.8 Å². The zero-order valence-corrected chi connectivity index (χ0v) is 22.3. The van der Waals surface area contributed by atoms with Gasteiger partial charge in [0, 0.05) is 35.5 Å². The number of methoxy groups -OCH3 is 2. The summed E-state index contributed by atoms with van der Waals surface area (Å²) in [7, 11) is 3.20. The van der Waals surface area contributed by atoms with Crippen molar-refractivity contribution in [2.75, 3.05) is 27.6 Å². The van der Waals surface area contributed by atoms with Crippen LogP contribution in [0.5, 0.6) is 23.0 Å². The molecule has 1 aliphatic heterocycles.